The molecule has 1 fully saturated rings. The number of benzene rings is 1. The fourth-order valence-electron chi connectivity index (χ4n) is 3.93. The lowest BCUT2D eigenvalue weighted by molar-refractivity contribution is 0.310. The second-order valence-electron chi connectivity index (χ2n) is 7.45. The van der Waals surface area contributed by atoms with Crippen molar-refractivity contribution in [2.45, 2.75) is 45.1 Å². The summed E-state index contributed by atoms with van der Waals surface area (Å²) in [5.74, 6) is 1.50. The molecule has 6 nitrogen and oxygen atoms in total. The Labute approximate surface area is 160 Å². The number of likely N-dealkylation sites (tertiary alicyclic amines) is 1. The van der Waals surface area contributed by atoms with Gasteiger partial charge in [-0.15, -0.1) is 0 Å². The molecule has 2 aromatic rings. The molecular formula is C21H28N4O2. The molecule has 0 unspecified atom stereocenters. The number of fused-ring (bicyclic) bond motifs is 1. The maximum Gasteiger partial charge on any atom is 0.255 e. The predicted octanol–water partition coefficient (Wildman–Crippen LogP) is 2.74. The van der Waals surface area contributed by atoms with Crippen LogP contribution in [0, 0.1) is 0 Å². The molecule has 6 heteroatoms. The zero-order chi connectivity index (χ0) is 18.5. The smallest absolute Gasteiger partial charge is 0.255 e. The van der Waals surface area contributed by atoms with Gasteiger partial charge in [-0.1, -0.05) is 12.1 Å². The van der Waals surface area contributed by atoms with Crippen molar-refractivity contribution < 1.29 is 4.74 Å². The van der Waals surface area contributed by atoms with Gasteiger partial charge in [-0.3, -0.25) is 14.7 Å². The van der Waals surface area contributed by atoms with Crippen LogP contribution < -0.4 is 15.6 Å². The Morgan fingerprint density at radius 1 is 1.19 bits per heavy atom. The summed E-state index contributed by atoms with van der Waals surface area (Å²) in [6, 6.07) is 8.40. The van der Waals surface area contributed by atoms with Crippen molar-refractivity contribution in [3.05, 3.63) is 51.4 Å². The van der Waals surface area contributed by atoms with Crippen LogP contribution in [0.4, 0.5) is 5.95 Å². The van der Waals surface area contributed by atoms with Gasteiger partial charge in [-0.2, -0.15) is 0 Å². The molecule has 2 aliphatic rings. The number of hydrogen-bond acceptors (Lipinski definition) is 5. The van der Waals surface area contributed by atoms with Gasteiger partial charge in [0.15, 0.2) is 0 Å². The number of nitrogens with one attached hydrogen (secondary N) is 2. The molecule has 1 aliphatic heterocycles. The van der Waals surface area contributed by atoms with Crippen LogP contribution >= 0.6 is 0 Å². The van der Waals surface area contributed by atoms with E-state index in [1.54, 1.807) is 0 Å². The van der Waals surface area contributed by atoms with Crippen molar-refractivity contribution in [1.82, 2.24) is 14.9 Å². The summed E-state index contributed by atoms with van der Waals surface area (Å²) in [4.78, 5) is 21.8. The minimum Gasteiger partial charge on any atom is -0.494 e. The molecule has 1 aromatic carbocycles. The quantitative estimate of drug-likeness (QED) is 0.701. The average Bonchev–Trinajstić information content (AvgIpc) is 3.34. The Morgan fingerprint density at radius 2 is 2.07 bits per heavy atom. The average molecular weight is 368 g/mol. The van der Waals surface area contributed by atoms with Gasteiger partial charge in [-0.25, -0.2) is 4.98 Å². The van der Waals surface area contributed by atoms with E-state index in [1.807, 2.05) is 6.07 Å². The number of ether oxygens (including phenoxy) is 1. The topological polar surface area (TPSA) is 70.2 Å². The lowest BCUT2D eigenvalue weighted by Crippen LogP contribution is -2.19. The van der Waals surface area contributed by atoms with Gasteiger partial charge in [0.25, 0.3) is 5.56 Å². The molecule has 144 valence electrons. The molecule has 0 atom stereocenters. The minimum atomic E-state index is 0.00562. The highest BCUT2D eigenvalue weighted by molar-refractivity contribution is 5.32. The number of aryl methyl sites for hydroxylation is 1. The molecule has 1 saturated heterocycles. The maximum atomic E-state index is 12.0. The first kappa shape index (κ1) is 18.0. The third-order valence-electron chi connectivity index (χ3n) is 5.33. The lowest BCUT2D eigenvalue weighted by atomic mass is 10.2. The third-order valence-corrected chi connectivity index (χ3v) is 5.33. The first-order chi connectivity index (χ1) is 13.3. The van der Waals surface area contributed by atoms with Crippen molar-refractivity contribution >= 4 is 5.95 Å². The zero-order valence-corrected chi connectivity index (χ0v) is 15.8. The molecule has 0 radical (unpaired) electrons. The first-order valence-corrected chi connectivity index (χ1v) is 10.1. The summed E-state index contributed by atoms with van der Waals surface area (Å²) in [7, 11) is 0. The van der Waals surface area contributed by atoms with E-state index in [9.17, 15) is 4.79 Å². The highest BCUT2D eigenvalue weighted by Crippen LogP contribution is 2.18. The molecule has 1 aliphatic carbocycles. The lowest BCUT2D eigenvalue weighted by Gasteiger charge is -2.15. The van der Waals surface area contributed by atoms with Crippen LogP contribution in [-0.2, 0) is 19.4 Å². The van der Waals surface area contributed by atoms with E-state index < -0.39 is 0 Å². The molecule has 2 heterocycles. The Balaban J connectivity index is 1.21. The molecular weight excluding hydrogens is 340 g/mol. The Bertz CT molecular complexity index is 827. The standard InChI is InChI=1S/C21H28N4O2/c26-20-18-8-4-9-19(18)23-21(24-20)22-10-5-13-27-17-7-3-6-16(14-17)15-25-11-1-2-12-25/h3,6-7,14H,1-2,4-5,8-13,15H2,(H2,22,23,24,26). The molecule has 4 rings (SSSR count). The van der Waals surface area contributed by atoms with E-state index in [0.717, 1.165) is 55.8 Å². The Kier molecular flexibility index (Phi) is 5.72. The third kappa shape index (κ3) is 4.69. The van der Waals surface area contributed by atoms with Gasteiger partial charge in [0.1, 0.15) is 5.75 Å². The number of aromatic amines is 1. The molecule has 1 aromatic heterocycles. The van der Waals surface area contributed by atoms with Crippen LogP contribution in [0.1, 0.15) is 42.5 Å². The summed E-state index contributed by atoms with van der Waals surface area (Å²) in [6.07, 6.45) is 6.26. The normalized spacial score (nSPS) is 16.4. The van der Waals surface area contributed by atoms with Crippen molar-refractivity contribution in [3.63, 3.8) is 0 Å². The second-order valence-corrected chi connectivity index (χ2v) is 7.45. The number of H-pyrrole nitrogens is 1. The van der Waals surface area contributed by atoms with Crippen LogP contribution in [0.2, 0.25) is 0 Å². The molecule has 0 spiro atoms. The Hall–Kier alpha value is -2.34. The van der Waals surface area contributed by atoms with E-state index in [4.69, 9.17) is 4.74 Å². The number of hydrogen-bond donors (Lipinski definition) is 2. The molecule has 0 amide bonds. The maximum absolute atomic E-state index is 12.0. The van der Waals surface area contributed by atoms with E-state index in [2.05, 4.69) is 38.4 Å². The van der Waals surface area contributed by atoms with Gasteiger partial charge in [0.05, 0.1) is 12.3 Å². The summed E-state index contributed by atoms with van der Waals surface area (Å²) in [6.45, 7) is 4.77. The van der Waals surface area contributed by atoms with Gasteiger partial charge in [0.2, 0.25) is 5.95 Å². The van der Waals surface area contributed by atoms with Crippen molar-refractivity contribution in [2.75, 3.05) is 31.6 Å². The van der Waals surface area contributed by atoms with Crippen LogP contribution in [0.5, 0.6) is 5.75 Å². The van der Waals surface area contributed by atoms with E-state index in [-0.39, 0.29) is 5.56 Å². The van der Waals surface area contributed by atoms with E-state index in [1.165, 1.54) is 31.5 Å². The minimum absolute atomic E-state index is 0.00562. The molecule has 27 heavy (non-hydrogen) atoms. The second kappa shape index (κ2) is 8.57. The van der Waals surface area contributed by atoms with Crippen LogP contribution in [0.3, 0.4) is 0 Å². The number of anilines is 1. The summed E-state index contributed by atoms with van der Waals surface area (Å²) in [5.41, 5.74) is 3.13. The largest absolute Gasteiger partial charge is 0.494 e. The fourth-order valence-corrected chi connectivity index (χ4v) is 3.93. The van der Waals surface area contributed by atoms with Gasteiger partial charge < -0.3 is 10.1 Å². The van der Waals surface area contributed by atoms with Gasteiger partial charge >= 0.3 is 0 Å². The highest BCUT2D eigenvalue weighted by atomic mass is 16.5. The Morgan fingerprint density at radius 3 is 2.96 bits per heavy atom. The van der Waals surface area contributed by atoms with Crippen LogP contribution in [0.15, 0.2) is 29.1 Å². The van der Waals surface area contributed by atoms with E-state index >= 15 is 0 Å². The SMILES string of the molecule is O=c1[nH]c(NCCCOc2cccc(CN3CCCC3)c2)nc2c1CCC2. The van der Waals surface area contributed by atoms with E-state index in [0.29, 0.717) is 12.6 Å². The van der Waals surface area contributed by atoms with Crippen molar-refractivity contribution in [3.8, 4) is 5.75 Å². The van der Waals surface area contributed by atoms with Crippen molar-refractivity contribution in [1.29, 1.82) is 0 Å². The molecule has 2 N–H and O–H groups in total. The summed E-state index contributed by atoms with van der Waals surface area (Å²) in [5, 5.41) is 3.21. The number of aromatic nitrogens is 2. The fraction of sp³-hybridized carbons (Fsp3) is 0.524. The molecule has 0 saturated carbocycles. The first-order valence-electron chi connectivity index (χ1n) is 10.1. The summed E-state index contributed by atoms with van der Waals surface area (Å²) < 4.78 is 5.90. The van der Waals surface area contributed by atoms with Crippen molar-refractivity contribution in [2.24, 2.45) is 0 Å². The monoisotopic (exact) mass is 368 g/mol. The zero-order valence-electron chi connectivity index (χ0n) is 15.8. The number of rotatable bonds is 8. The highest BCUT2D eigenvalue weighted by Gasteiger charge is 2.16. The van der Waals surface area contributed by atoms with Crippen LogP contribution in [0.25, 0.3) is 0 Å². The van der Waals surface area contributed by atoms with Gasteiger partial charge in [0, 0.05) is 18.7 Å². The number of nitrogens with zero attached hydrogens (tertiary/aromatic N) is 2. The van der Waals surface area contributed by atoms with Gasteiger partial charge in [-0.05, 0) is 69.3 Å². The summed E-state index contributed by atoms with van der Waals surface area (Å²) >= 11 is 0. The molecule has 0 bridgehead atoms. The predicted molar refractivity (Wildman–Crippen MR) is 106 cm³/mol. The van der Waals surface area contributed by atoms with Crippen LogP contribution in [-0.4, -0.2) is 41.1 Å².